The smallest absolute Gasteiger partial charge is 0.263 e. The standard InChI is InChI=1S/C15H14BrFN2O2/c1-9-4-3-5-10(2)14(9)21-8-13(20)19-15-12(16)6-11(17)7-18-15/h3-7H,8H2,1-2H3,(H,18,19,20). The summed E-state index contributed by atoms with van der Waals surface area (Å²) < 4.78 is 18.8. The molecule has 6 heteroatoms. The van der Waals surface area contributed by atoms with E-state index in [1.165, 1.54) is 6.07 Å². The minimum Gasteiger partial charge on any atom is -0.483 e. The molecule has 1 aromatic heterocycles. The van der Waals surface area contributed by atoms with Crippen LogP contribution in [0.5, 0.6) is 5.75 Å². The summed E-state index contributed by atoms with van der Waals surface area (Å²) in [5.41, 5.74) is 1.92. The maximum Gasteiger partial charge on any atom is 0.263 e. The van der Waals surface area contributed by atoms with Crippen LogP contribution in [-0.2, 0) is 4.79 Å². The third-order valence-electron chi connectivity index (χ3n) is 2.82. The van der Waals surface area contributed by atoms with Crippen LogP contribution in [0.4, 0.5) is 10.2 Å². The molecule has 2 rings (SSSR count). The number of rotatable bonds is 4. The van der Waals surface area contributed by atoms with Gasteiger partial charge in [0.25, 0.3) is 5.91 Å². The maximum atomic E-state index is 12.9. The number of nitrogens with one attached hydrogen (secondary N) is 1. The second kappa shape index (κ2) is 6.67. The molecule has 2 aromatic rings. The highest BCUT2D eigenvalue weighted by atomic mass is 79.9. The molecule has 1 N–H and O–H groups in total. The first-order chi connectivity index (χ1) is 9.97. The average Bonchev–Trinajstić information content (AvgIpc) is 2.41. The van der Waals surface area contributed by atoms with Gasteiger partial charge in [0.2, 0.25) is 0 Å². The summed E-state index contributed by atoms with van der Waals surface area (Å²) in [6.45, 7) is 3.69. The summed E-state index contributed by atoms with van der Waals surface area (Å²) in [6, 6.07) is 6.99. The Kier molecular flexibility index (Phi) is 4.90. The van der Waals surface area contributed by atoms with Gasteiger partial charge in [-0.25, -0.2) is 9.37 Å². The van der Waals surface area contributed by atoms with E-state index in [0.717, 1.165) is 17.3 Å². The molecular weight excluding hydrogens is 339 g/mol. The van der Waals surface area contributed by atoms with Gasteiger partial charge in [-0.05, 0) is 47.0 Å². The molecule has 0 fully saturated rings. The van der Waals surface area contributed by atoms with Gasteiger partial charge in [0, 0.05) is 0 Å². The van der Waals surface area contributed by atoms with Crippen molar-refractivity contribution in [3.63, 3.8) is 0 Å². The van der Waals surface area contributed by atoms with E-state index < -0.39 is 5.82 Å². The summed E-state index contributed by atoms with van der Waals surface area (Å²) in [5, 5.41) is 2.56. The maximum absolute atomic E-state index is 12.9. The molecule has 0 saturated heterocycles. The fraction of sp³-hybridized carbons (Fsp3) is 0.200. The van der Waals surface area contributed by atoms with E-state index in [-0.39, 0.29) is 18.3 Å². The molecule has 0 atom stereocenters. The summed E-state index contributed by atoms with van der Waals surface area (Å²) in [6.07, 6.45) is 1.03. The van der Waals surface area contributed by atoms with Gasteiger partial charge in [0.1, 0.15) is 17.4 Å². The number of aromatic nitrogens is 1. The number of amides is 1. The SMILES string of the molecule is Cc1cccc(C)c1OCC(=O)Nc1ncc(F)cc1Br. The van der Waals surface area contributed by atoms with Crippen LogP contribution >= 0.6 is 15.9 Å². The Hall–Kier alpha value is -1.95. The molecule has 0 spiro atoms. The molecular formula is C15H14BrFN2O2. The number of halogens is 2. The Balaban J connectivity index is 1.99. The van der Waals surface area contributed by atoms with Gasteiger partial charge < -0.3 is 10.1 Å². The minimum atomic E-state index is -0.480. The Morgan fingerprint density at radius 3 is 2.67 bits per heavy atom. The van der Waals surface area contributed by atoms with E-state index in [4.69, 9.17) is 4.74 Å². The van der Waals surface area contributed by atoms with Gasteiger partial charge in [-0.3, -0.25) is 4.79 Å². The molecule has 4 nitrogen and oxygen atoms in total. The van der Waals surface area contributed by atoms with E-state index in [9.17, 15) is 9.18 Å². The monoisotopic (exact) mass is 352 g/mol. The highest BCUT2D eigenvalue weighted by Crippen LogP contribution is 2.23. The van der Waals surface area contributed by atoms with Crippen molar-refractivity contribution in [2.24, 2.45) is 0 Å². The third kappa shape index (κ3) is 4.01. The number of aryl methyl sites for hydroxylation is 2. The third-order valence-corrected chi connectivity index (χ3v) is 3.43. The van der Waals surface area contributed by atoms with E-state index in [0.29, 0.717) is 10.2 Å². The minimum absolute atomic E-state index is 0.142. The van der Waals surface area contributed by atoms with Crippen LogP contribution < -0.4 is 10.1 Å². The number of carbonyl (C=O) groups is 1. The molecule has 0 radical (unpaired) electrons. The van der Waals surface area contributed by atoms with Gasteiger partial charge >= 0.3 is 0 Å². The van der Waals surface area contributed by atoms with Crippen LogP contribution in [0.25, 0.3) is 0 Å². The average molecular weight is 353 g/mol. The quantitative estimate of drug-likeness (QED) is 0.914. The predicted molar refractivity (Wildman–Crippen MR) is 81.9 cm³/mol. The molecule has 21 heavy (non-hydrogen) atoms. The molecule has 1 heterocycles. The lowest BCUT2D eigenvalue weighted by Crippen LogP contribution is -2.21. The number of para-hydroxylation sites is 1. The highest BCUT2D eigenvalue weighted by Gasteiger charge is 2.10. The van der Waals surface area contributed by atoms with Crippen molar-refractivity contribution < 1.29 is 13.9 Å². The highest BCUT2D eigenvalue weighted by molar-refractivity contribution is 9.10. The number of carbonyl (C=O) groups excluding carboxylic acids is 1. The lowest BCUT2D eigenvalue weighted by Gasteiger charge is -2.12. The zero-order chi connectivity index (χ0) is 15.4. The fourth-order valence-electron chi connectivity index (χ4n) is 1.84. The van der Waals surface area contributed by atoms with Crippen molar-refractivity contribution in [2.45, 2.75) is 13.8 Å². The molecule has 110 valence electrons. The van der Waals surface area contributed by atoms with Crippen LogP contribution in [0.2, 0.25) is 0 Å². The summed E-state index contributed by atoms with van der Waals surface area (Å²) in [5.74, 6) is 0.106. The molecule has 1 amide bonds. The van der Waals surface area contributed by atoms with Crippen LogP contribution in [0.1, 0.15) is 11.1 Å². The number of ether oxygens (including phenoxy) is 1. The second-order valence-corrected chi connectivity index (χ2v) is 5.40. The van der Waals surface area contributed by atoms with Gasteiger partial charge in [0.15, 0.2) is 6.61 Å². The molecule has 0 unspecified atom stereocenters. The topological polar surface area (TPSA) is 51.2 Å². The van der Waals surface area contributed by atoms with Crippen molar-refractivity contribution in [3.8, 4) is 5.75 Å². The first-order valence-electron chi connectivity index (χ1n) is 6.27. The second-order valence-electron chi connectivity index (χ2n) is 4.54. The number of anilines is 1. The van der Waals surface area contributed by atoms with E-state index >= 15 is 0 Å². The number of hydrogen-bond acceptors (Lipinski definition) is 3. The van der Waals surface area contributed by atoms with Crippen molar-refractivity contribution in [1.29, 1.82) is 0 Å². The van der Waals surface area contributed by atoms with Gasteiger partial charge in [0.05, 0.1) is 10.7 Å². The van der Waals surface area contributed by atoms with Crippen LogP contribution in [0.3, 0.4) is 0 Å². The Morgan fingerprint density at radius 2 is 2.05 bits per heavy atom. The predicted octanol–water partition coefficient (Wildman–Crippen LogP) is 3.62. The van der Waals surface area contributed by atoms with Crippen molar-refractivity contribution >= 4 is 27.7 Å². The molecule has 0 aliphatic heterocycles. The van der Waals surface area contributed by atoms with E-state index in [1.807, 2.05) is 32.0 Å². The van der Waals surface area contributed by atoms with Crippen molar-refractivity contribution in [2.75, 3.05) is 11.9 Å². The van der Waals surface area contributed by atoms with Crippen molar-refractivity contribution in [3.05, 3.63) is 51.9 Å². The first kappa shape index (κ1) is 15.4. The van der Waals surface area contributed by atoms with Gasteiger partial charge in [-0.1, -0.05) is 18.2 Å². The zero-order valence-electron chi connectivity index (χ0n) is 11.6. The van der Waals surface area contributed by atoms with E-state index in [2.05, 4.69) is 26.2 Å². The molecule has 0 bridgehead atoms. The Bertz CT molecular complexity index is 656. The number of nitrogens with zero attached hydrogens (tertiary/aromatic N) is 1. The summed E-state index contributed by atoms with van der Waals surface area (Å²) >= 11 is 3.14. The molecule has 0 aliphatic carbocycles. The summed E-state index contributed by atoms with van der Waals surface area (Å²) in [7, 11) is 0. The normalized spacial score (nSPS) is 10.3. The van der Waals surface area contributed by atoms with Gasteiger partial charge in [-0.15, -0.1) is 0 Å². The van der Waals surface area contributed by atoms with Crippen LogP contribution in [0.15, 0.2) is 34.9 Å². The largest absolute Gasteiger partial charge is 0.483 e. The molecule has 1 aromatic carbocycles. The molecule has 0 aliphatic rings. The number of hydrogen-bond donors (Lipinski definition) is 1. The lowest BCUT2D eigenvalue weighted by molar-refractivity contribution is -0.118. The molecule has 0 saturated carbocycles. The van der Waals surface area contributed by atoms with Crippen molar-refractivity contribution in [1.82, 2.24) is 4.98 Å². The Labute approximate surface area is 130 Å². The fourth-order valence-corrected chi connectivity index (χ4v) is 2.26. The van der Waals surface area contributed by atoms with Crippen LogP contribution in [0, 0.1) is 19.7 Å². The number of benzene rings is 1. The van der Waals surface area contributed by atoms with Gasteiger partial charge in [-0.2, -0.15) is 0 Å². The Morgan fingerprint density at radius 1 is 1.38 bits per heavy atom. The lowest BCUT2D eigenvalue weighted by atomic mass is 10.1. The first-order valence-corrected chi connectivity index (χ1v) is 7.06. The zero-order valence-corrected chi connectivity index (χ0v) is 13.2. The summed E-state index contributed by atoms with van der Waals surface area (Å²) in [4.78, 5) is 15.7. The number of pyridine rings is 1. The van der Waals surface area contributed by atoms with Crippen LogP contribution in [-0.4, -0.2) is 17.5 Å². The van der Waals surface area contributed by atoms with E-state index in [1.54, 1.807) is 0 Å².